The minimum Gasteiger partial charge on any atom is -0.356 e. The van der Waals surface area contributed by atoms with E-state index in [-0.39, 0.29) is 11.6 Å². The van der Waals surface area contributed by atoms with Gasteiger partial charge in [0.25, 0.3) is 11.5 Å². The molecule has 2 atom stereocenters. The maximum atomic E-state index is 13.9. The maximum absolute atomic E-state index is 13.9. The molecule has 0 aliphatic carbocycles. The molecule has 0 fully saturated rings. The standard InChI is InChI=1S/C17H20F3NO2/c1-12-8-7-9-13(2)21(12)15(22)16(23-3,17(18,19)20)14-10-5-4-6-11-14/h4-6,8,10-11,13H,7,9H2,1-3H3/t13-,16-/m1/s1. The van der Waals surface area contributed by atoms with E-state index in [2.05, 4.69) is 0 Å². The predicted molar refractivity (Wildman–Crippen MR) is 80.5 cm³/mol. The normalized spacial score (nSPS) is 21.6. The number of nitrogens with zero attached hydrogens (tertiary/aromatic N) is 1. The Labute approximate surface area is 133 Å². The van der Waals surface area contributed by atoms with Crippen LogP contribution in [0.4, 0.5) is 13.2 Å². The molecule has 1 aromatic rings. The number of amides is 1. The van der Waals surface area contributed by atoms with Crippen molar-refractivity contribution in [1.29, 1.82) is 0 Å². The molecule has 3 nitrogen and oxygen atoms in total. The number of methoxy groups -OCH3 is 1. The lowest BCUT2D eigenvalue weighted by molar-refractivity contribution is -0.270. The Morgan fingerprint density at radius 1 is 1.26 bits per heavy atom. The molecule has 0 unspecified atom stereocenters. The van der Waals surface area contributed by atoms with Gasteiger partial charge in [0, 0.05) is 24.4 Å². The zero-order valence-corrected chi connectivity index (χ0v) is 13.4. The van der Waals surface area contributed by atoms with Crippen molar-refractivity contribution in [2.45, 2.75) is 44.5 Å². The van der Waals surface area contributed by atoms with Gasteiger partial charge in [-0.2, -0.15) is 13.2 Å². The van der Waals surface area contributed by atoms with Crippen LogP contribution in [0.15, 0.2) is 42.1 Å². The zero-order chi connectivity index (χ0) is 17.3. The smallest absolute Gasteiger partial charge is 0.356 e. The van der Waals surface area contributed by atoms with Crippen LogP contribution in [0.25, 0.3) is 0 Å². The first-order valence-corrected chi connectivity index (χ1v) is 7.43. The van der Waals surface area contributed by atoms with Crippen molar-refractivity contribution >= 4 is 5.91 Å². The molecule has 0 saturated carbocycles. The van der Waals surface area contributed by atoms with Crippen LogP contribution in [0.3, 0.4) is 0 Å². The van der Waals surface area contributed by atoms with E-state index >= 15 is 0 Å². The number of hydrogen-bond donors (Lipinski definition) is 0. The lowest BCUT2D eigenvalue weighted by Crippen LogP contribution is -2.58. The minimum atomic E-state index is -4.88. The van der Waals surface area contributed by atoms with Crippen LogP contribution in [0.1, 0.15) is 32.3 Å². The molecule has 1 amide bonds. The lowest BCUT2D eigenvalue weighted by atomic mass is 9.89. The van der Waals surface area contributed by atoms with E-state index in [9.17, 15) is 18.0 Å². The van der Waals surface area contributed by atoms with Crippen molar-refractivity contribution in [3.05, 3.63) is 47.7 Å². The number of carbonyl (C=O) groups is 1. The summed E-state index contributed by atoms with van der Waals surface area (Å²) in [4.78, 5) is 14.2. The Morgan fingerprint density at radius 3 is 2.35 bits per heavy atom. The second kappa shape index (κ2) is 6.35. The van der Waals surface area contributed by atoms with Crippen LogP contribution < -0.4 is 0 Å². The summed E-state index contributed by atoms with van der Waals surface area (Å²) in [5, 5.41) is 0. The molecule has 0 radical (unpaired) electrons. The molecule has 2 rings (SSSR count). The monoisotopic (exact) mass is 327 g/mol. The molecule has 126 valence electrons. The number of alkyl halides is 3. The third kappa shape index (κ3) is 2.87. The predicted octanol–water partition coefficient (Wildman–Crippen LogP) is 4.01. The van der Waals surface area contributed by atoms with Gasteiger partial charge in [-0.25, -0.2) is 0 Å². The first-order chi connectivity index (χ1) is 10.8. The van der Waals surface area contributed by atoms with Crippen molar-refractivity contribution < 1.29 is 22.7 Å². The van der Waals surface area contributed by atoms with Crippen LogP contribution in [0.2, 0.25) is 0 Å². The van der Waals surface area contributed by atoms with Gasteiger partial charge in [-0.3, -0.25) is 4.79 Å². The van der Waals surface area contributed by atoms with Crippen molar-refractivity contribution in [3.8, 4) is 0 Å². The average Bonchev–Trinajstić information content (AvgIpc) is 2.48. The van der Waals surface area contributed by atoms with Crippen molar-refractivity contribution in [2.24, 2.45) is 0 Å². The molecule has 0 aromatic heterocycles. The number of halogens is 3. The molecule has 0 N–H and O–H groups in total. The van der Waals surface area contributed by atoms with Gasteiger partial charge >= 0.3 is 6.18 Å². The van der Waals surface area contributed by atoms with Crippen LogP contribution in [-0.4, -0.2) is 30.1 Å². The molecule has 1 aliphatic heterocycles. The maximum Gasteiger partial charge on any atom is 0.430 e. The molecular formula is C17H20F3NO2. The molecule has 0 spiro atoms. The summed E-state index contributed by atoms with van der Waals surface area (Å²) in [6.07, 6.45) is -1.74. The second-order valence-corrected chi connectivity index (χ2v) is 5.70. The first-order valence-electron chi connectivity index (χ1n) is 7.43. The highest BCUT2D eigenvalue weighted by Crippen LogP contribution is 2.44. The van der Waals surface area contributed by atoms with Crippen LogP contribution in [0, 0.1) is 0 Å². The number of ether oxygens (including phenoxy) is 1. The van der Waals surface area contributed by atoms with Gasteiger partial charge in [0.05, 0.1) is 0 Å². The third-order valence-corrected chi connectivity index (χ3v) is 4.25. The summed E-state index contributed by atoms with van der Waals surface area (Å²) in [6, 6.07) is 6.74. The number of carbonyl (C=O) groups excluding carboxylic acids is 1. The number of hydrogen-bond acceptors (Lipinski definition) is 2. The molecule has 1 aromatic carbocycles. The van der Waals surface area contributed by atoms with Crippen molar-refractivity contribution in [1.82, 2.24) is 4.90 Å². The average molecular weight is 327 g/mol. The summed E-state index contributed by atoms with van der Waals surface area (Å²) in [7, 11) is 0.923. The van der Waals surface area contributed by atoms with Gasteiger partial charge in [0.1, 0.15) is 0 Å². The van der Waals surface area contributed by atoms with Gasteiger partial charge < -0.3 is 9.64 Å². The van der Waals surface area contributed by atoms with Gasteiger partial charge in [0.15, 0.2) is 0 Å². The molecule has 0 saturated heterocycles. The second-order valence-electron chi connectivity index (χ2n) is 5.70. The summed E-state index contributed by atoms with van der Waals surface area (Å²) in [5.41, 5.74) is -2.70. The van der Waals surface area contributed by atoms with Gasteiger partial charge in [-0.15, -0.1) is 0 Å². The summed E-state index contributed by atoms with van der Waals surface area (Å²) >= 11 is 0. The SMILES string of the molecule is CO[C@@](C(=O)N1C(C)=CCC[C@H]1C)(c1ccccc1)C(F)(F)F. The molecule has 0 bridgehead atoms. The Bertz CT molecular complexity index is 598. The fourth-order valence-electron chi connectivity index (χ4n) is 3.04. The molecule has 1 aliphatic rings. The lowest BCUT2D eigenvalue weighted by Gasteiger charge is -2.41. The number of benzene rings is 1. The van der Waals surface area contributed by atoms with Gasteiger partial charge in [-0.05, 0) is 26.7 Å². The molecule has 23 heavy (non-hydrogen) atoms. The van der Waals surface area contributed by atoms with Crippen LogP contribution in [0.5, 0.6) is 0 Å². The third-order valence-electron chi connectivity index (χ3n) is 4.25. The van der Waals surface area contributed by atoms with Crippen LogP contribution in [-0.2, 0) is 15.1 Å². The Hall–Kier alpha value is -1.82. The highest BCUT2D eigenvalue weighted by Gasteiger charge is 2.64. The van der Waals surface area contributed by atoms with E-state index in [4.69, 9.17) is 4.74 Å². The van der Waals surface area contributed by atoms with Crippen molar-refractivity contribution in [2.75, 3.05) is 7.11 Å². The molecular weight excluding hydrogens is 307 g/mol. The summed E-state index contributed by atoms with van der Waals surface area (Å²) in [5.74, 6) is -1.10. The Kier molecular flexibility index (Phi) is 4.84. The largest absolute Gasteiger partial charge is 0.430 e. The van der Waals surface area contributed by atoms with Crippen LogP contribution >= 0.6 is 0 Å². The van der Waals surface area contributed by atoms with Gasteiger partial charge in [-0.1, -0.05) is 36.4 Å². The zero-order valence-electron chi connectivity index (χ0n) is 13.4. The fourth-order valence-corrected chi connectivity index (χ4v) is 3.04. The van der Waals surface area contributed by atoms with E-state index in [0.717, 1.165) is 13.5 Å². The number of allylic oxidation sites excluding steroid dienone is 2. The van der Waals surface area contributed by atoms with E-state index < -0.39 is 17.7 Å². The van der Waals surface area contributed by atoms with E-state index in [0.29, 0.717) is 12.1 Å². The van der Waals surface area contributed by atoms with E-state index in [1.807, 2.05) is 0 Å². The Balaban J connectivity index is 2.61. The van der Waals surface area contributed by atoms with E-state index in [1.54, 1.807) is 26.0 Å². The summed E-state index contributed by atoms with van der Waals surface area (Å²) in [6.45, 7) is 3.39. The highest BCUT2D eigenvalue weighted by atomic mass is 19.4. The highest BCUT2D eigenvalue weighted by molar-refractivity contribution is 5.89. The molecule has 1 heterocycles. The number of rotatable bonds is 3. The quantitative estimate of drug-likeness (QED) is 0.840. The minimum absolute atomic E-state index is 0.217. The van der Waals surface area contributed by atoms with Gasteiger partial charge in [0.2, 0.25) is 0 Å². The first kappa shape index (κ1) is 17.5. The summed E-state index contributed by atoms with van der Waals surface area (Å²) < 4.78 is 46.6. The topological polar surface area (TPSA) is 29.5 Å². The van der Waals surface area contributed by atoms with E-state index in [1.165, 1.54) is 29.2 Å². The Morgan fingerprint density at radius 2 is 1.87 bits per heavy atom. The fraction of sp³-hybridized carbons (Fsp3) is 0.471. The molecule has 6 heteroatoms. The van der Waals surface area contributed by atoms with Crippen molar-refractivity contribution in [3.63, 3.8) is 0 Å².